The molecule has 0 aromatic heterocycles. The molecule has 0 nitrogen and oxygen atoms in total. The van der Waals surface area contributed by atoms with Crippen molar-refractivity contribution in [3.8, 4) is 0 Å². The Labute approximate surface area is 273 Å². The van der Waals surface area contributed by atoms with Gasteiger partial charge in [0.1, 0.15) is 0 Å². The summed E-state index contributed by atoms with van der Waals surface area (Å²) in [5, 5.41) is 0. The molecule has 2 aliphatic rings. The van der Waals surface area contributed by atoms with E-state index < -0.39 is 0 Å². The zero-order valence-electron chi connectivity index (χ0n) is 24.4. The van der Waals surface area contributed by atoms with Crippen LogP contribution in [-0.4, -0.2) is 0 Å². The highest BCUT2D eigenvalue weighted by Crippen LogP contribution is 2.53. The second-order valence-electron chi connectivity index (χ2n) is 13.2. The van der Waals surface area contributed by atoms with Gasteiger partial charge in [-0.25, -0.2) is 0 Å². The van der Waals surface area contributed by atoms with Crippen molar-refractivity contribution in [3.05, 3.63) is 135 Å². The number of benzene rings is 4. The van der Waals surface area contributed by atoms with Crippen LogP contribution in [0.25, 0.3) is 0 Å². The Hall–Kier alpha value is -1.20. The molecule has 0 fully saturated rings. The third-order valence-electron chi connectivity index (χ3n) is 9.36. The SMILES string of the molecule is CC1(C)c2cc(Br)c(Br)cc2C(C)(C)c2cc(Br)c(Br)cc21.CC1(C)c2ccccc2C(C)(C)c2ccccc21. The molecule has 0 N–H and O–H groups in total. The second-order valence-corrected chi connectivity index (χ2v) is 16.6. The Morgan fingerprint density at radius 2 is 0.500 bits per heavy atom. The molecule has 0 atom stereocenters. The molecule has 0 heterocycles. The number of hydrogen-bond donors (Lipinski definition) is 0. The van der Waals surface area contributed by atoms with Crippen molar-refractivity contribution in [2.45, 2.75) is 77.0 Å². The fraction of sp³-hybridized carbons (Fsp3) is 0.333. The molecule has 0 spiro atoms. The number of hydrogen-bond acceptors (Lipinski definition) is 0. The van der Waals surface area contributed by atoms with E-state index in [0.29, 0.717) is 0 Å². The molecule has 4 aromatic rings. The van der Waals surface area contributed by atoms with Gasteiger partial charge in [0.2, 0.25) is 0 Å². The highest BCUT2D eigenvalue weighted by atomic mass is 79.9. The van der Waals surface area contributed by atoms with Crippen LogP contribution < -0.4 is 0 Å². The highest BCUT2D eigenvalue weighted by Gasteiger charge is 2.43. The molecule has 6 rings (SSSR count). The average molecular weight is 788 g/mol. The van der Waals surface area contributed by atoms with Crippen molar-refractivity contribution >= 4 is 63.7 Å². The maximum absolute atomic E-state index is 3.67. The smallest absolute Gasteiger partial charge is 0.0320 e. The summed E-state index contributed by atoms with van der Waals surface area (Å²) in [6.07, 6.45) is 0. The van der Waals surface area contributed by atoms with Crippen molar-refractivity contribution in [1.29, 1.82) is 0 Å². The largest absolute Gasteiger partial charge is 0.0619 e. The predicted molar refractivity (Wildman–Crippen MR) is 185 cm³/mol. The first-order valence-corrected chi connectivity index (χ1v) is 16.9. The fourth-order valence-electron chi connectivity index (χ4n) is 6.89. The van der Waals surface area contributed by atoms with Gasteiger partial charge >= 0.3 is 0 Å². The van der Waals surface area contributed by atoms with Crippen LogP contribution in [0.5, 0.6) is 0 Å². The summed E-state index contributed by atoms with van der Waals surface area (Å²) in [7, 11) is 0. The van der Waals surface area contributed by atoms with Crippen LogP contribution in [0.1, 0.15) is 99.9 Å². The van der Waals surface area contributed by atoms with Crippen LogP contribution in [0.15, 0.2) is 90.7 Å². The van der Waals surface area contributed by atoms with E-state index in [4.69, 9.17) is 0 Å². The monoisotopic (exact) mass is 784 g/mol. The quantitative estimate of drug-likeness (QED) is 0.167. The first-order chi connectivity index (χ1) is 18.5. The predicted octanol–water partition coefficient (Wildman–Crippen LogP) is 12.4. The molecule has 2 aliphatic carbocycles. The van der Waals surface area contributed by atoms with Crippen LogP contribution >= 0.6 is 63.7 Å². The number of fused-ring (bicyclic) bond motifs is 4. The average Bonchev–Trinajstić information content (AvgIpc) is 2.90. The maximum Gasteiger partial charge on any atom is 0.0320 e. The van der Waals surface area contributed by atoms with E-state index in [9.17, 15) is 0 Å². The minimum atomic E-state index is -0.0351. The lowest BCUT2D eigenvalue weighted by Crippen LogP contribution is -2.36. The number of halogens is 4. The van der Waals surface area contributed by atoms with E-state index in [2.05, 4.69) is 192 Å². The van der Waals surface area contributed by atoms with Crippen LogP contribution in [0, 0.1) is 0 Å². The lowest BCUT2D eigenvalue weighted by molar-refractivity contribution is 0.519. The molecule has 40 heavy (non-hydrogen) atoms. The maximum atomic E-state index is 3.67. The summed E-state index contributed by atoms with van der Waals surface area (Å²) < 4.78 is 4.43. The molecule has 0 radical (unpaired) electrons. The van der Waals surface area contributed by atoms with Crippen LogP contribution in [-0.2, 0) is 21.7 Å². The molecular formula is C36H36Br4. The summed E-state index contributed by atoms with van der Waals surface area (Å²) in [6, 6.07) is 26.8. The Bertz CT molecular complexity index is 1400. The Morgan fingerprint density at radius 1 is 0.325 bits per heavy atom. The van der Waals surface area contributed by atoms with Gasteiger partial charge in [-0.2, -0.15) is 0 Å². The van der Waals surface area contributed by atoms with Gasteiger partial charge in [-0.15, -0.1) is 0 Å². The molecule has 4 heteroatoms. The Balaban J connectivity index is 0.000000164. The first kappa shape index (κ1) is 30.3. The van der Waals surface area contributed by atoms with Gasteiger partial charge < -0.3 is 0 Å². The molecule has 0 saturated heterocycles. The van der Waals surface area contributed by atoms with E-state index in [1.165, 1.54) is 44.5 Å². The minimum absolute atomic E-state index is 0.0351. The number of rotatable bonds is 0. The minimum Gasteiger partial charge on any atom is -0.0619 e. The lowest BCUT2D eigenvalue weighted by Gasteiger charge is -2.44. The highest BCUT2D eigenvalue weighted by molar-refractivity contribution is 9.13. The van der Waals surface area contributed by atoms with Gasteiger partial charge in [0.15, 0.2) is 0 Å². The van der Waals surface area contributed by atoms with Crippen LogP contribution in [0.2, 0.25) is 0 Å². The zero-order valence-corrected chi connectivity index (χ0v) is 30.8. The molecule has 0 saturated carbocycles. The van der Waals surface area contributed by atoms with E-state index in [1.54, 1.807) is 0 Å². The molecule has 0 amide bonds. The van der Waals surface area contributed by atoms with Crippen molar-refractivity contribution in [2.75, 3.05) is 0 Å². The molecule has 0 unspecified atom stereocenters. The lowest BCUT2D eigenvalue weighted by atomic mass is 9.60. The van der Waals surface area contributed by atoms with Gasteiger partial charge in [-0.3, -0.25) is 0 Å². The molecule has 4 aromatic carbocycles. The summed E-state index contributed by atoms with van der Waals surface area (Å²) in [5.74, 6) is 0. The summed E-state index contributed by atoms with van der Waals surface area (Å²) in [4.78, 5) is 0. The van der Waals surface area contributed by atoms with E-state index >= 15 is 0 Å². The van der Waals surface area contributed by atoms with Crippen LogP contribution in [0.3, 0.4) is 0 Å². The third-order valence-corrected chi connectivity index (χ3v) is 13.1. The Morgan fingerprint density at radius 3 is 0.700 bits per heavy atom. The molecule has 208 valence electrons. The Kier molecular flexibility index (Phi) is 7.73. The molecule has 0 aliphatic heterocycles. The first-order valence-electron chi connectivity index (χ1n) is 13.7. The van der Waals surface area contributed by atoms with Gasteiger partial charge in [-0.05, 0) is 132 Å². The summed E-state index contributed by atoms with van der Waals surface area (Å²) in [6.45, 7) is 18.6. The topological polar surface area (TPSA) is 0 Å². The van der Waals surface area contributed by atoms with E-state index in [0.717, 1.165) is 17.9 Å². The fourth-order valence-corrected chi connectivity index (χ4v) is 8.26. The standard InChI is InChI=1S/C18H16Br4.C18H20/c1-17(2)9-5-13(19)15(21)7-11(9)18(3,4)12-8-16(22)14(20)6-10(12)17;1-17(2)13-9-5-7-11-15(13)18(3,4)16-12-8-6-10-14(16)17/h5-8H,1-4H3;5-12H,1-4H3. The van der Waals surface area contributed by atoms with E-state index in [-0.39, 0.29) is 21.7 Å². The second kappa shape index (κ2) is 10.2. The molecular weight excluding hydrogens is 752 g/mol. The van der Waals surface area contributed by atoms with Crippen molar-refractivity contribution in [1.82, 2.24) is 0 Å². The van der Waals surface area contributed by atoms with Gasteiger partial charge in [0, 0.05) is 39.6 Å². The van der Waals surface area contributed by atoms with Crippen molar-refractivity contribution in [3.63, 3.8) is 0 Å². The normalized spacial score (nSPS) is 18.3. The van der Waals surface area contributed by atoms with Gasteiger partial charge in [0.05, 0.1) is 0 Å². The zero-order chi connectivity index (χ0) is 29.4. The van der Waals surface area contributed by atoms with Gasteiger partial charge in [-0.1, -0.05) is 104 Å². The van der Waals surface area contributed by atoms with Crippen LogP contribution in [0.4, 0.5) is 0 Å². The van der Waals surface area contributed by atoms with Crippen molar-refractivity contribution in [2.24, 2.45) is 0 Å². The summed E-state index contributed by atoms with van der Waals surface area (Å²) >= 11 is 14.7. The van der Waals surface area contributed by atoms with Gasteiger partial charge in [0.25, 0.3) is 0 Å². The third kappa shape index (κ3) is 4.64. The summed E-state index contributed by atoms with van der Waals surface area (Å²) in [5.41, 5.74) is 11.5. The van der Waals surface area contributed by atoms with E-state index in [1.807, 2.05) is 0 Å². The van der Waals surface area contributed by atoms with Crippen molar-refractivity contribution < 1.29 is 0 Å². The molecule has 0 bridgehead atoms.